The Morgan fingerprint density at radius 3 is 1.24 bits per heavy atom. The fraction of sp³-hybridized carbons (Fsp3) is 0.0238. The van der Waals surface area contributed by atoms with Crippen molar-refractivity contribution in [2.24, 2.45) is 0 Å². The van der Waals surface area contributed by atoms with Crippen molar-refractivity contribution in [3.63, 3.8) is 0 Å². The Hall–Kier alpha value is -5.95. The van der Waals surface area contributed by atoms with Gasteiger partial charge in [0.2, 0.25) is 0 Å². The van der Waals surface area contributed by atoms with E-state index >= 15 is 0 Å². The van der Waals surface area contributed by atoms with E-state index in [0.717, 1.165) is 88.8 Å². The molecule has 0 saturated heterocycles. The van der Waals surface area contributed by atoms with Gasteiger partial charge in [0, 0.05) is 11.8 Å². The summed E-state index contributed by atoms with van der Waals surface area (Å²) in [6.07, 6.45) is -3.24. The molecular formula is C42H21F6N. The van der Waals surface area contributed by atoms with Gasteiger partial charge in [-0.2, -0.15) is 13.2 Å². The topological polar surface area (TPSA) is 12.9 Å². The van der Waals surface area contributed by atoms with Crippen LogP contribution in [0.25, 0.3) is 87.2 Å². The van der Waals surface area contributed by atoms with Crippen molar-refractivity contribution in [2.75, 3.05) is 0 Å². The average molecular weight is 654 g/mol. The molecule has 9 rings (SSSR count). The molecule has 0 saturated carbocycles. The first kappa shape index (κ1) is 29.2. The molecule has 7 heteroatoms. The molecule has 0 bridgehead atoms. The van der Waals surface area contributed by atoms with Crippen LogP contribution in [0.1, 0.15) is 5.69 Å². The second-order valence-electron chi connectivity index (χ2n) is 12.3. The predicted octanol–water partition coefficient (Wildman–Crippen LogP) is 12.7. The first-order valence-corrected chi connectivity index (χ1v) is 15.5. The van der Waals surface area contributed by atoms with Gasteiger partial charge in [-0.25, -0.2) is 13.2 Å². The van der Waals surface area contributed by atoms with Gasteiger partial charge in [0.25, 0.3) is 0 Å². The molecule has 0 aliphatic rings. The van der Waals surface area contributed by atoms with Gasteiger partial charge >= 0.3 is 6.18 Å². The highest BCUT2D eigenvalue weighted by molar-refractivity contribution is 6.26. The summed E-state index contributed by atoms with van der Waals surface area (Å²) in [4.78, 5) is 3.76. The standard InChI is InChI=1S/C42H21F6N/c43-34-19-28(20-35(44)41(34)45)27-15-22-9-11-24-17-29(18-25-12-10-23(16-27)37(22)38(24)25)40-32-7-3-1-5-30(32)39(31-6-2-4-8-33(31)40)26-13-14-36(49-21-26)42(46,47)48/h1-21H. The van der Waals surface area contributed by atoms with Crippen molar-refractivity contribution in [3.05, 3.63) is 151 Å². The molecule has 0 amide bonds. The second-order valence-corrected chi connectivity index (χ2v) is 12.3. The van der Waals surface area contributed by atoms with E-state index < -0.39 is 29.3 Å². The lowest BCUT2D eigenvalue weighted by molar-refractivity contribution is -0.141. The van der Waals surface area contributed by atoms with Crippen LogP contribution in [-0.4, -0.2) is 4.98 Å². The van der Waals surface area contributed by atoms with Crippen LogP contribution in [0, 0.1) is 17.5 Å². The predicted molar refractivity (Wildman–Crippen MR) is 184 cm³/mol. The van der Waals surface area contributed by atoms with Crippen molar-refractivity contribution in [1.82, 2.24) is 4.98 Å². The van der Waals surface area contributed by atoms with E-state index in [0.29, 0.717) is 11.1 Å². The SMILES string of the molecule is Fc1cc(-c2cc3ccc4cc(-c5c6ccccc6c(-c6ccc(C(F)(F)F)nc6)c6ccccc56)cc5ccc(c2)c3c45)cc(F)c1F. The maximum absolute atomic E-state index is 14.1. The number of alkyl halides is 3. The van der Waals surface area contributed by atoms with E-state index in [4.69, 9.17) is 0 Å². The molecular weight excluding hydrogens is 632 g/mol. The van der Waals surface area contributed by atoms with Gasteiger partial charge in [-0.1, -0.05) is 78.9 Å². The third kappa shape index (κ3) is 4.53. The minimum absolute atomic E-state index is 0.249. The zero-order valence-electron chi connectivity index (χ0n) is 25.3. The summed E-state index contributed by atoms with van der Waals surface area (Å²) in [5, 5.41) is 9.51. The molecule has 1 aromatic heterocycles. The van der Waals surface area contributed by atoms with Crippen LogP contribution in [0.4, 0.5) is 26.3 Å². The Balaban J connectivity index is 1.27. The maximum atomic E-state index is 14.1. The van der Waals surface area contributed by atoms with E-state index in [9.17, 15) is 26.3 Å². The van der Waals surface area contributed by atoms with Crippen molar-refractivity contribution >= 4 is 53.9 Å². The average Bonchev–Trinajstić information content (AvgIpc) is 3.10. The van der Waals surface area contributed by atoms with Crippen molar-refractivity contribution in [3.8, 4) is 33.4 Å². The smallest absolute Gasteiger partial charge is 0.251 e. The summed E-state index contributed by atoms with van der Waals surface area (Å²) in [6.45, 7) is 0. The molecule has 49 heavy (non-hydrogen) atoms. The van der Waals surface area contributed by atoms with Crippen LogP contribution in [-0.2, 0) is 6.18 Å². The fourth-order valence-corrected chi connectivity index (χ4v) is 7.33. The lowest BCUT2D eigenvalue weighted by Crippen LogP contribution is -2.07. The molecule has 0 radical (unpaired) electrons. The highest BCUT2D eigenvalue weighted by Gasteiger charge is 2.32. The van der Waals surface area contributed by atoms with Gasteiger partial charge in [0.1, 0.15) is 5.69 Å². The van der Waals surface area contributed by atoms with Gasteiger partial charge in [-0.15, -0.1) is 0 Å². The number of halogens is 6. The van der Waals surface area contributed by atoms with Crippen LogP contribution < -0.4 is 0 Å². The number of fused-ring (bicyclic) bond motifs is 2. The molecule has 1 nitrogen and oxygen atoms in total. The molecule has 0 aliphatic carbocycles. The second kappa shape index (κ2) is 10.5. The van der Waals surface area contributed by atoms with Crippen molar-refractivity contribution in [2.45, 2.75) is 6.18 Å². The van der Waals surface area contributed by atoms with Crippen LogP contribution in [0.15, 0.2) is 128 Å². The third-order valence-electron chi connectivity index (χ3n) is 9.41. The van der Waals surface area contributed by atoms with Gasteiger partial charge in [0.05, 0.1) is 0 Å². The number of pyridine rings is 1. The Morgan fingerprint density at radius 1 is 0.429 bits per heavy atom. The summed E-state index contributed by atoms with van der Waals surface area (Å²) >= 11 is 0. The molecule has 0 aliphatic heterocycles. The van der Waals surface area contributed by atoms with Crippen LogP contribution in [0.2, 0.25) is 0 Å². The summed E-state index contributed by atoms with van der Waals surface area (Å²) in [6, 6.07) is 36.3. The van der Waals surface area contributed by atoms with Crippen LogP contribution in [0.5, 0.6) is 0 Å². The molecule has 9 aromatic rings. The summed E-state index contributed by atoms with van der Waals surface area (Å²) in [5.74, 6) is -3.97. The van der Waals surface area contributed by atoms with E-state index in [1.165, 1.54) is 12.3 Å². The minimum atomic E-state index is -4.53. The molecule has 0 unspecified atom stereocenters. The number of nitrogens with zero attached hydrogens (tertiary/aromatic N) is 1. The first-order chi connectivity index (χ1) is 23.7. The molecule has 0 fully saturated rings. The molecule has 0 spiro atoms. The van der Waals surface area contributed by atoms with Crippen LogP contribution >= 0.6 is 0 Å². The lowest BCUT2D eigenvalue weighted by Gasteiger charge is -2.19. The monoisotopic (exact) mass is 653 g/mol. The van der Waals surface area contributed by atoms with Crippen molar-refractivity contribution in [1.29, 1.82) is 0 Å². The Kier molecular flexibility index (Phi) is 6.27. The molecule has 0 atom stereocenters. The molecule has 8 aromatic carbocycles. The van der Waals surface area contributed by atoms with Gasteiger partial charge < -0.3 is 0 Å². The number of rotatable bonds is 3. The first-order valence-electron chi connectivity index (χ1n) is 15.5. The number of hydrogen-bond donors (Lipinski definition) is 0. The lowest BCUT2D eigenvalue weighted by atomic mass is 9.84. The Morgan fingerprint density at radius 2 is 0.837 bits per heavy atom. The van der Waals surface area contributed by atoms with E-state index in [2.05, 4.69) is 17.1 Å². The van der Waals surface area contributed by atoms with Crippen molar-refractivity contribution < 1.29 is 26.3 Å². The highest BCUT2D eigenvalue weighted by Crippen LogP contribution is 2.46. The minimum Gasteiger partial charge on any atom is -0.251 e. The fourth-order valence-electron chi connectivity index (χ4n) is 7.33. The normalized spacial score (nSPS) is 12.3. The molecule has 236 valence electrons. The Bertz CT molecular complexity index is 2640. The number of aromatic nitrogens is 1. The van der Waals surface area contributed by atoms with Gasteiger partial charge in [-0.05, 0) is 124 Å². The quantitative estimate of drug-likeness (QED) is 0.0800. The van der Waals surface area contributed by atoms with Crippen LogP contribution in [0.3, 0.4) is 0 Å². The number of hydrogen-bond acceptors (Lipinski definition) is 1. The maximum Gasteiger partial charge on any atom is 0.433 e. The largest absolute Gasteiger partial charge is 0.433 e. The summed E-state index contributed by atoms with van der Waals surface area (Å²) in [5.41, 5.74) is 3.27. The molecule has 0 N–H and O–H groups in total. The zero-order chi connectivity index (χ0) is 33.6. The van der Waals surface area contributed by atoms with E-state index in [1.807, 2.05) is 84.9 Å². The van der Waals surface area contributed by atoms with Gasteiger partial charge in [0.15, 0.2) is 17.5 Å². The van der Waals surface area contributed by atoms with E-state index in [1.54, 1.807) is 0 Å². The zero-order valence-corrected chi connectivity index (χ0v) is 25.3. The summed E-state index contributed by atoms with van der Waals surface area (Å²) < 4.78 is 82.0. The third-order valence-corrected chi connectivity index (χ3v) is 9.41. The highest BCUT2D eigenvalue weighted by atomic mass is 19.4. The summed E-state index contributed by atoms with van der Waals surface area (Å²) in [7, 11) is 0. The number of benzene rings is 8. The van der Waals surface area contributed by atoms with E-state index in [-0.39, 0.29) is 5.56 Å². The Labute approximate surface area is 275 Å². The van der Waals surface area contributed by atoms with Gasteiger partial charge in [-0.3, -0.25) is 4.98 Å². The molecule has 1 heterocycles.